The van der Waals surface area contributed by atoms with E-state index in [9.17, 15) is 15.8 Å². The quantitative estimate of drug-likeness (QED) is 0.872. The van der Waals surface area contributed by atoms with E-state index in [2.05, 4.69) is 37.0 Å². The molecule has 0 spiro atoms. The number of allylic oxidation sites excluding steroid dienone is 2. The van der Waals surface area contributed by atoms with Gasteiger partial charge < -0.3 is 10.5 Å². The van der Waals surface area contributed by atoms with E-state index in [1.807, 2.05) is 30.3 Å². The van der Waals surface area contributed by atoms with E-state index < -0.39 is 11.3 Å². The zero-order chi connectivity index (χ0) is 20.5. The number of nitrogens with two attached hydrogens (primary N) is 1. The lowest BCUT2D eigenvalue weighted by molar-refractivity contribution is 0.174. The van der Waals surface area contributed by atoms with Crippen LogP contribution in [0, 0.1) is 45.3 Å². The summed E-state index contributed by atoms with van der Waals surface area (Å²) < 4.78 is 5.25. The highest BCUT2D eigenvalue weighted by Crippen LogP contribution is 2.54. The van der Waals surface area contributed by atoms with Crippen molar-refractivity contribution in [3.05, 3.63) is 52.7 Å². The molecule has 3 rings (SSSR count). The van der Waals surface area contributed by atoms with Crippen LogP contribution in [-0.2, 0) is 0 Å². The van der Waals surface area contributed by atoms with Gasteiger partial charge in [0.2, 0.25) is 0 Å². The first kappa shape index (κ1) is 19.5. The van der Waals surface area contributed by atoms with Crippen molar-refractivity contribution in [2.24, 2.45) is 17.1 Å². The van der Waals surface area contributed by atoms with E-state index in [0.717, 1.165) is 11.1 Å². The molecule has 142 valence electrons. The lowest BCUT2D eigenvalue weighted by Crippen LogP contribution is -2.49. The second kappa shape index (κ2) is 7.39. The lowest BCUT2D eigenvalue weighted by atomic mass is 9.58. The third kappa shape index (κ3) is 2.82. The van der Waals surface area contributed by atoms with Gasteiger partial charge in [-0.25, -0.2) is 0 Å². The minimum atomic E-state index is -1.60. The maximum absolute atomic E-state index is 10.1. The second-order valence-electron chi connectivity index (χ2n) is 7.50. The first-order valence-corrected chi connectivity index (χ1v) is 9.24. The average molecular weight is 373 g/mol. The summed E-state index contributed by atoms with van der Waals surface area (Å²) in [6.07, 6.45) is 2.02. The number of hydrogen-bond acceptors (Lipinski definition) is 6. The molecule has 0 amide bonds. The Bertz CT molecular complexity index is 939. The van der Waals surface area contributed by atoms with E-state index in [0.29, 0.717) is 24.9 Å². The van der Waals surface area contributed by atoms with Gasteiger partial charge in [-0.2, -0.15) is 15.8 Å². The predicted octanol–water partition coefficient (Wildman–Crippen LogP) is 2.83. The van der Waals surface area contributed by atoms with Gasteiger partial charge in [0.05, 0.1) is 30.5 Å². The first-order valence-electron chi connectivity index (χ1n) is 9.24. The van der Waals surface area contributed by atoms with Crippen molar-refractivity contribution in [3.63, 3.8) is 0 Å². The van der Waals surface area contributed by atoms with Crippen LogP contribution in [0.25, 0.3) is 0 Å². The number of nitriles is 3. The Balaban J connectivity index is 2.26. The van der Waals surface area contributed by atoms with Crippen LogP contribution in [0.4, 0.5) is 0 Å². The Labute approximate surface area is 165 Å². The van der Waals surface area contributed by atoms with E-state index >= 15 is 0 Å². The van der Waals surface area contributed by atoms with Crippen LogP contribution in [0.3, 0.4) is 0 Å². The Kier molecular flexibility index (Phi) is 5.14. The summed E-state index contributed by atoms with van der Waals surface area (Å²) in [5.74, 6) is 0.0487. The molecule has 28 heavy (non-hydrogen) atoms. The molecule has 2 aliphatic rings. The molecule has 0 saturated carbocycles. The smallest absolute Gasteiger partial charge is 0.191 e. The van der Waals surface area contributed by atoms with Crippen LogP contribution < -0.4 is 10.5 Å². The average Bonchev–Trinajstić information content (AvgIpc) is 2.72. The molecule has 6 nitrogen and oxygen atoms in total. The molecule has 1 heterocycles. The predicted molar refractivity (Wildman–Crippen MR) is 105 cm³/mol. The monoisotopic (exact) mass is 373 g/mol. The zero-order valence-corrected chi connectivity index (χ0v) is 16.3. The van der Waals surface area contributed by atoms with Crippen molar-refractivity contribution in [2.75, 3.05) is 20.2 Å². The summed E-state index contributed by atoms with van der Waals surface area (Å²) >= 11 is 0. The van der Waals surface area contributed by atoms with Crippen molar-refractivity contribution in [1.82, 2.24) is 4.90 Å². The SMILES string of the molecule is COc1ccc([C@H]2[C@@H]3CN(C(C)C)CC=C3C(C#N)=C(N)C2(C#N)C#N)cc1. The fraction of sp³-hybridized carbons (Fsp3) is 0.409. The molecule has 2 atom stereocenters. The molecular formula is C22H23N5O. The molecule has 0 bridgehead atoms. The van der Waals surface area contributed by atoms with E-state index in [1.54, 1.807) is 7.11 Å². The highest BCUT2D eigenvalue weighted by molar-refractivity contribution is 5.59. The fourth-order valence-corrected chi connectivity index (χ4v) is 4.31. The summed E-state index contributed by atoms with van der Waals surface area (Å²) in [7, 11) is 1.59. The highest BCUT2D eigenvalue weighted by Gasteiger charge is 2.54. The van der Waals surface area contributed by atoms with Crippen LogP contribution in [0.15, 0.2) is 47.2 Å². The normalized spacial score (nSPS) is 23.8. The van der Waals surface area contributed by atoms with Crippen LogP contribution in [0.2, 0.25) is 0 Å². The fourth-order valence-electron chi connectivity index (χ4n) is 4.31. The van der Waals surface area contributed by atoms with Gasteiger partial charge in [-0.15, -0.1) is 0 Å². The summed E-state index contributed by atoms with van der Waals surface area (Å²) in [5, 5.41) is 29.9. The molecule has 0 radical (unpaired) electrons. The van der Waals surface area contributed by atoms with E-state index in [-0.39, 0.29) is 17.2 Å². The molecule has 1 aliphatic carbocycles. The second-order valence-corrected chi connectivity index (χ2v) is 7.50. The summed E-state index contributed by atoms with van der Waals surface area (Å²) in [5.41, 5.74) is 6.73. The van der Waals surface area contributed by atoms with Crippen molar-refractivity contribution in [1.29, 1.82) is 15.8 Å². The van der Waals surface area contributed by atoms with E-state index in [1.165, 1.54) is 0 Å². The van der Waals surface area contributed by atoms with Gasteiger partial charge in [0.25, 0.3) is 0 Å². The number of methoxy groups -OCH3 is 1. The van der Waals surface area contributed by atoms with Crippen molar-refractivity contribution >= 4 is 0 Å². The Morgan fingerprint density at radius 2 is 1.82 bits per heavy atom. The first-order chi connectivity index (χ1) is 13.4. The van der Waals surface area contributed by atoms with Crippen LogP contribution in [0.5, 0.6) is 5.75 Å². The van der Waals surface area contributed by atoms with Gasteiger partial charge in [0.15, 0.2) is 5.41 Å². The molecule has 6 heteroatoms. The molecule has 0 fully saturated rings. The Morgan fingerprint density at radius 1 is 1.18 bits per heavy atom. The lowest BCUT2D eigenvalue weighted by Gasteiger charge is -2.46. The van der Waals surface area contributed by atoms with Gasteiger partial charge in [-0.1, -0.05) is 18.2 Å². The van der Waals surface area contributed by atoms with Crippen LogP contribution in [0.1, 0.15) is 25.3 Å². The number of ether oxygens (including phenoxy) is 1. The van der Waals surface area contributed by atoms with E-state index in [4.69, 9.17) is 10.5 Å². The molecule has 0 saturated heterocycles. The molecule has 0 aromatic heterocycles. The number of benzene rings is 1. The van der Waals surface area contributed by atoms with Gasteiger partial charge in [0.1, 0.15) is 11.8 Å². The summed E-state index contributed by atoms with van der Waals surface area (Å²) in [4.78, 5) is 2.28. The molecule has 0 unspecified atom stereocenters. The largest absolute Gasteiger partial charge is 0.497 e. The van der Waals surface area contributed by atoms with Crippen molar-refractivity contribution in [2.45, 2.75) is 25.8 Å². The molecule has 1 aromatic rings. The number of nitrogens with zero attached hydrogens (tertiary/aromatic N) is 4. The standard InChI is InChI=1S/C22H23N5O/c1-14(2)27-9-8-17-18(10-23)21(26)22(12-24,13-25)20(19(17)11-27)15-4-6-16(28-3)7-5-15/h4-8,14,19-20H,9,11,26H2,1-3H3/t19-,20+/m1/s1. The number of fused-ring (bicyclic) bond motifs is 1. The maximum Gasteiger partial charge on any atom is 0.191 e. The Hall–Kier alpha value is -3.27. The molecule has 2 N–H and O–H groups in total. The van der Waals surface area contributed by atoms with Gasteiger partial charge in [-0.3, -0.25) is 4.90 Å². The number of rotatable bonds is 3. The third-order valence-corrected chi connectivity index (χ3v) is 5.90. The minimum absolute atomic E-state index is 0.0568. The van der Waals surface area contributed by atoms with Crippen molar-refractivity contribution in [3.8, 4) is 24.0 Å². The minimum Gasteiger partial charge on any atom is -0.497 e. The topological polar surface area (TPSA) is 110 Å². The van der Waals surface area contributed by atoms with Gasteiger partial charge in [0, 0.05) is 31.0 Å². The maximum atomic E-state index is 10.1. The summed E-state index contributed by atoms with van der Waals surface area (Å²) in [6.45, 7) is 5.59. The highest BCUT2D eigenvalue weighted by atomic mass is 16.5. The van der Waals surface area contributed by atoms with Crippen LogP contribution >= 0.6 is 0 Å². The van der Waals surface area contributed by atoms with Crippen LogP contribution in [-0.4, -0.2) is 31.1 Å². The van der Waals surface area contributed by atoms with Gasteiger partial charge in [-0.05, 0) is 37.1 Å². The zero-order valence-electron chi connectivity index (χ0n) is 16.3. The molecular weight excluding hydrogens is 350 g/mol. The van der Waals surface area contributed by atoms with Gasteiger partial charge >= 0.3 is 0 Å². The Morgan fingerprint density at radius 3 is 2.32 bits per heavy atom. The third-order valence-electron chi connectivity index (χ3n) is 5.90. The summed E-state index contributed by atoms with van der Waals surface area (Å²) in [6, 6.07) is 14.2. The molecule has 1 aliphatic heterocycles. The number of hydrogen-bond donors (Lipinski definition) is 1. The molecule has 1 aromatic carbocycles. The van der Waals surface area contributed by atoms with Crippen molar-refractivity contribution < 1.29 is 4.74 Å².